The third-order valence-corrected chi connectivity index (χ3v) is 2.60. The minimum Gasteiger partial charge on any atom is -0.493 e. The van der Waals surface area contributed by atoms with Crippen molar-refractivity contribution in [2.75, 3.05) is 13.2 Å². The van der Waals surface area contributed by atoms with Crippen LogP contribution in [0.3, 0.4) is 0 Å². The van der Waals surface area contributed by atoms with E-state index in [0.29, 0.717) is 30.9 Å². The Hall–Kier alpha value is -1.43. The highest BCUT2D eigenvalue weighted by atomic mass is 19.4. The molecule has 0 spiro atoms. The summed E-state index contributed by atoms with van der Waals surface area (Å²) in [5.41, 5.74) is 5.69. The SMILES string of the molecule is CC(C)(C)c1cc(OC(F)(F)F)ccc1OCCCN. The number of benzene rings is 1. The van der Waals surface area contributed by atoms with Crippen LogP contribution in [0.25, 0.3) is 0 Å². The van der Waals surface area contributed by atoms with Crippen LogP contribution in [0.15, 0.2) is 18.2 Å². The molecule has 0 heterocycles. The lowest BCUT2D eigenvalue weighted by molar-refractivity contribution is -0.274. The molecule has 0 saturated heterocycles. The van der Waals surface area contributed by atoms with Crippen molar-refractivity contribution in [2.24, 2.45) is 5.73 Å². The Kier molecular flexibility index (Phi) is 5.28. The van der Waals surface area contributed by atoms with E-state index in [-0.39, 0.29) is 11.2 Å². The molecule has 0 atom stereocenters. The molecule has 114 valence electrons. The van der Waals surface area contributed by atoms with Crippen molar-refractivity contribution in [3.63, 3.8) is 0 Å². The molecule has 3 nitrogen and oxygen atoms in total. The highest BCUT2D eigenvalue weighted by molar-refractivity contribution is 5.44. The molecule has 0 bridgehead atoms. The van der Waals surface area contributed by atoms with Gasteiger partial charge in [0.05, 0.1) is 6.61 Å². The summed E-state index contributed by atoms with van der Waals surface area (Å²) in [6, 6.07) is 4.12. The minimum atomic E-state index is -4.70. The average Bonchev–Trinajstić information content (AvgIpc) is 2.27. The van der Waals surface area contributed by atoms with Crippen LogP contribution in [0.1, 0.15) is 32.8 Å². The van der Waals surface area contributed by atoms with Crippen LogP contribution >= 0.6 is 0 Å². The summed E-state index contributed by atoms with van der Waals surface area (Å²) in [7, 11) is 0. The van der Waals surface area contributed by atoms with Crippen molar-refractivity contribution in [1.29, 1.82) is 0 Å². The Morgan fingerprint density at radius 1 is 1.15 bits per heavy atom. The molecule has 0 unspecified atom stereocenters. The van der Waals surface area contributed by atoms with Gasteiger partial charge in [-0.05, 0) is 36.6 Å². The molecular formula is C14H20F3NO2. The second-order valence-corrected chi connectivity index (χ2v) is 5.45. The molecule has 0 saturated carbocycles. The molecule has 0 aliphatic heterocycles. The predicted molar refractivity (Wildman–Crippen MR) is 71.0 cm³/mol. The van der Waals surface area contributed by atoms with Crippen LogP contribution in [0.4, 0.5) is 13.2 Å². The van der Waals surface area contributed by atoms with Gasteiger partial charge < -0.3 is 15.2 Å². The third kappa shape index (κ3) is 5.28. The van der Waals surface area contributed by atoms with Crippen molar-refractivity contribution in [3.8, 4) is 11.5 Å². The van der Waals surface area contributed by atoms with Gasteiger partial charge in [0.15, 0.2) is 0 Å². The zero-order chi connectivity index (χ0) is 15.4. The molecule has 0 radical (unpaired) electrons. The number of ether oxygens (including phenoxy) is 2. The van der Waals surface area contributed by atoms with Crippen LogP contribution in [-0.4, -0.2) is 19.5 Å². The maximum atomic E-state index is 12.3. The van der Waals surface area contributed by atoms with Gasteiger partial charge in [-0.2, -0.15) is 0 Å². The zero-order valence-electron chi connectivity index (χ0n) is 11.9. The van der Waals surface area contributed by atoms with Gasteiger partial charge in [-0.1, -0.05) is 20.8 Å². The van der Waals surface area contributed by atoms with E-state index in [1.54, 1.807) is 0 Å². The van der Waals surface area contributed by atoms with Crippen molar-refractivity contribution in [2.45, 2.75) is 39.0 Å². The highest BCUT2D eigenvalue weighted by Gasteiger charge is 2.32. The van der Waals surface area contributed by atoms with E-state index in [0.717, 1.165) is 0 Å². The fourth-order valence-corrected chi connectivity index (χ4v) is 1.68. The highest BCUT2D eigenvalue weighted by Crippen LogP contribution is 2.35. The second kappa shape index (κ2) is 6.35. The third-order valence-electron chi connectivity index (χ3n) is 2.60. The summed E-state index contributed by atoms with van der Waals surface area (Å²) in [5, 5.41) is 0. The molecule has 1 rings (SSSR count). The lowest BCUT2D eigenvalue weighted by atomic mass is 9.86. The summed E-state index contributed by atoms with van der Waals surface area (Å²) in [6.07, 6.45) is -4.01. The van der Waals surface area contributed by atoms with Crippen LogP contribution < -0.4 is 15.2 Å². The molecule has 0 fully saturated rings. The van der Waals surface area contributed by atoms with Crippen LogP contribution in [0, 0.1) is 0 Å². The maximum Gasteiger partial charge on any atom is 0.573 e. The number of hydrogen-bond donors (Lipinski definition) is 1. The average molecular weight is 291 g/mol. The Morgan fingerprint density at radius 2 is 1.80 bits per heavy atom. The summed E-state index contributed by atoms with van der Waals surface area (Å²) in [4.78, 5) is 0. The number of alkyl halides is 3. The summed E-state index contributed by atoms with van der Waals surface area (Å²) in [5.74, 6) is 0.314. The minimum absolute atomic E-state index is 0.242. The molecule has 0 aliphatic carbocycles. The first-order chi connectivity index (χ1) is 9.13. The largest absolute Gasteiger partial charge is 0.573 e. The maximum absolute atomic E-state index is 12.3. The summed E-state index contributed by atoms with van der Waals surface area (Å²) < 4.78 is 46.3. The van der Waals surface area contributed by atoms with Crippen molar-refractivity contribution < 1.29 is 22.6 Å². The van der Waals surface area contributed by atoms with E-state index in [9.17, 15) is 13.2 Å². The van der Waals surface area contributed by atoms with Gasteiger partial charge >= 0.3 is 6.36 Å². The predicted octanol–water partition coefficient (Wildman–Crippen LogP) is 3.61. The van der Waals surface area contributed by atoms with E-state index in [2.05, 4.69) is 4.74 Å². The zero-order valence-corrected chi connectivity index (χ0v) is 11.9. The number of hydrogen-bond acceptors (Lipinski definition) is 3. The van der Waals surface area contributed by atoms with Gasteiger partial charge in [0.2, 0.25) is 0 Å². The van der Waals surface area contributed by atoms with Gasteiger partial charge in [-0.3, -0.25) is 0 Å². The first-order valence-electron chi connectivity index (χ1n) is 6.36. The lowest BCUT2D eigenvalue weighted by Gasteiger charge is -2.24. The fraction of sp³-hybridized carbons (Fsp3) is 0.571. The van der Waals surface area contributed by atoms with Gasteiger partial charge in [0, 0.05) is 5.56 Å². The molecule has 0 amide bonds. The van der Waals surface area contributed by atoms with Gasteiger partial charge in [0.25, 0.3) is 0 Å². The van der Waals surface area contributed by atoms with Crippen molar-refractivity contribution >= 4 is 0 Å². The van der Waals surface area contributed by atoms with E-state index < -0.39 is 6.36 Å². The van der Waals surface area contributed by atoms with Crippen LogP contribution in [0.2, 0.25) is 0 Å². The Morgan fingerprint density at radius 3 is 2.30 bits per heavy atom. The van der Waals surface area contributed by atoms with Crippen molar-refractivity contribution in [3.05, 3.63) is 23.8 Å². The second-order valence-electron chi connectivity index (χ2n) is 5.45. The number of nitrogens with two attached hydrogens (primary N) is 1. The number of rotatable bonds is 5. The Bertz CT molecular complexity index is 439. The molecule has 6 heteroatoms. The topological polar surface area (TPSA) is 44.5 Å². The normalized spacial score (nSPS) is 12.3. The monoisotopic (exact) mass is 291 g/mol. The molecule has 1 aromatic carbocycles. The molecule has 2 N–H and O–H groups in total. The van der Waals surface area contributed by atoms with E-state index in [1.165, 1.54) is 18.2 Å². The Balaban J connectivity index is 3.01. The molecular weight excluding hydrogens is 271 g/mol. The molecule has 1 aromatic rings. The molecule has 0 aliphatic rings. The standard InChI is InChI=1S/C14H20F3NO2/c1-13(2,3)11-9-10(20-14(15,16)17)5-6-12(11)19-8-4-7-18/h5-6,9H,4,7-8,18H2,1-3H3. The fourth-order valence-electron chi connectivity index (χ4n) is 1.68. The van der Waals surface area contributed by atoms with Crippen LogP contribution in [0.5, 0.6) is 11.5 Å². The van der Waals surface area contributed by atoms with E-state index in [4.69, 9.17) is 10.5 Å². The molecule has 20 heavy (non-hydrogen) atoms. The quantitative estimate of drug-likeness (QED) is 0.843. The van der Waals surface area contributed by atoms with Gasteiger partial charge in [0.1, 0.15) is 11.5 Å². The molecule has 0 aromatic heterocycles. The first kappa shape index (κ1) is 16.6. The van der Waals surface area contributed by atoms with Gasteiger partial charge in [-0.15, -0.1) is 13.2 Å². The lowest BCUT2D eigenvalue weighted by Crippen LogP contribution is -2.19. The number of halogens is 3. The van der Waals surface area contributed by atoms with E-state index >= 15 is 0 Å². The van der Waals surface area contributed by atoms with E-state index in [1.807, 2.05) is 20.8 Å². The van der Waals surface area contributed by atoms with Gasteiger partial charge in [-0.25, -0.2) is 0 Å². The first-order valence-corrected chi connectivity index (χ1v) is 6.36. The van der Waals surface area contributed by atoms with Crippen molar-refractivity contribution in [1.82, 2.24) is 0 Å². The van der Waals surface area contributed by atoms with Crippen LogP contribution in [-0.2, 0) is 5.41 Å². The summed E-state index contributed by atoms with van der Waals surface area (Å²) in [6.45, 7) is 6.62. The smallest absolute Gasteiger partial charge is 0.493 e. The summed E-state index contributed by atoms with van der Waals surface area (Å²) >= 11 is 0. The Labute approximate surface area is 116 Å².